The van der Waals surface area contributed by atoms with Crippen LogP contribution < -0.4 is 5.32 Å². The van der Waals surface area contributed by atoms with Crippen molar-refractivity contribution < 1.29 is 9.59 Å². The lowest BCUT2D eigenvalue weighted by molar-refractivity contribution is -0.113. The summed E-state index contributed by atoms with van der Waals surface area (Å²) in [7, 11) is 0. The normalized spacial score (nSPS) is 13.9. The third-order valence-electron chi connectivity index (χ3n) is 2.91. The fourth-order valence-corrected chi connectivity index (χ4v) is 2.13. The number of amides is 1. The number of hydrogen-bond donors (Lipinski definition) is 1. The zero-order chi connectivity index (χ0) is 13.8. The molecule has 1 aromatic rings. The van der Waals surface area contributed by atoms with E-state index in [2.05, 4.69) is 5.32 Å². The van der Waals surface area contributed by atoms with Crippen LogP contribution in [0.4, 0.5) is 5.69 Å². The lowest BCUT2D eigenvalue weighted by atomic mass is 10.0. The van der Waals surface area contributed by atoms with Gasteiger partial charge in [-0.05, 0) is 38.0 Å². The van der Waals surface area contributed by atoms with E-state index in [1.165, 1.54) is 6.92 Å². The number of rotatable bonds is 3. The van der Waals surface area contributed by atoms with E-state index >= 15 is 0 Å². The van der Waals surface area contributed by atoms with Crippen LogP contribution in [-0.4, -0.2) is 11.7 Å². The van der Waals surface area contributed by atoms with E-state index in [1.807, 2.05) is 12.2 Å². The van der Waals surface area contributed by atoms with Crippen molar-refractivity contribution in [3.63, 3.8) is 0 Å². The maximum absolute atomic E-state index is 12.0. The van der Waals surface area contributed by atoms with E-state index in [4.69, 9.17) is 11.6 Å². The molecular formula is C15H14ClNO2. The quantitative estimate of drug-likeness (QED) is 0.854. The monoisotopic (exact) mass is 275 g/mol. The molecule has 98 valence electrons. The molecule has 0 saturated carbocycles. The molecule has 1 amide bonds. The van der Waals surface area contributed by atoms with Crippen LogP contribution in [-0.2, 0) is 4.79 Å². The Morgan fingerprint density at radius 3 is 2.74 bits per heavy atom. The lowest BCUT2D eigenvalue weighted by Crippen LogP contribution is -2.15. The standard InChI is InChI=1S/C15H14ClNO2/c1-10(18)13-9-12(7-8-14(13)16)17-15(19)11-5-3-2-4-6-11/h2-3,5,7-9H,4,6H2,1H3,(H,17,19). The number of anilines is 1. The number of halogens is 1. The van der Waals surface area contributed by atoms with Crippen LogP contribution in [0.15, 0.2) is 42.0 Å². The largest absolute Gasteiger partial charge is 0.322 e. The third kappa shape index (κ3) is 3.32. The average molecular weight is 276 g/mol. The number of Topliss-reactive ketones (excluding diaryl/α,β-unsaturated/α-hetero) is 1. The zero-order valence-corrected chi connectivity index (χ0v) is 11.3. The summed E-state index contributed by atoms with van der Waals surface area (Å²) in [4.78, 5) is 23.4. The predicted molar refractivity (Wildman–Crippen MR) is 76.5 cm³/mol. The average Bonchev–Trinajstić information content (AvgIpc) is 2.41. The smallest absolute Gasteiger partial charge is 0.251 e. The molecule has 0 unspecified atom stereocenters. The van der Waals surface area contributed by atoms with E-state index in [0.717, 1.165) is 18.4 Å². The van der Waals surface area contributed by atoms with Gasteiger partial charge in [0.25, 0.3) is 5.91 Å². The molecule has 0 aliphatic heterocycles. The number of ketones is 1. The van der Waals surface area contributed by atoms with Crippen LogP contribution in [0.25, 0.3) is 0 Å². The molecule has 0 radical (unpaired) electrons. The first-order chi connectivity index (χ1) is 9.08. The Bertz CT molecular complexity index is 588. The number of carbonyl (C=O) groups is 2. The fraction of sp³-hybridized carbons (Fsp3) is 0.200. The van der Waals surface area contributed by atoms with Gasteiger partial charge in [0.15, 0.2) is 5.78 Å². The minimum absolute atomic E-state index is 0.124. The van der Waals surface area contributed by atoms with Gasteiger partial charge in [-0.25, -0.2) is 0 Å². The molecule has 1 N–H and O–H groups in total. The van der Waals surface area contributed by atoms with Crippen molar-refractivity contribution in [1.82, 2.24) is 0 Å². The summed E-state index contributed by atoms with van der Waals surface area (Å²) in [6.07, 6.45) is 7.31. The molecule has 4 heteroatoms. The van der Waals surface area contributed by atoms with Gasteiger partial charge in [-0.1, -0.05) is 29.8 Å². The van der Waals surface area contributed by atoms with Crippen molar-refractivity contribution in [2.45, 2.75) is 19.8 Å². The van der Waals surface area contributed by atoms with E-state index in [9.17, 15) is 9.59 Å². The molecule has 0 aromatic heterocycles. The van der Waals surface area contributed by atoms with Crippen LogP contribution in [0.2, 0.25) is 5.02 Å². The molecule has 0 fully saturated rings. The molecule has 0 heterocycles. The maximum Gasteiger partial charge on any atom is 0.251 e. The maximum atomic E-state index is 12.0. The second-order valence-corrected chi connectivity index (χ2v) is 4.77. The minimum atomic E-state index is -0.138. The highest BCUT2D eigenvalue weighted by atomic mass is 35.5. The molecule has 1 aliphatic carbocycles. The molecule has 1 aromatic carbocycles. The Labute approximate surface area is 117 Å². The van der Waals surface area contributed by atoms with Crippen LogP contribution >= 0.6 is 11.6 Å². The third-order valence-corrected chi connectivity index (χ3v) is 3.24. The van der Waals surface area contributed by atoms with E-state index in [1.54, 1.807) is 24.3 Å². The van der Waals surface area contributed by atoms with Crippen molar-refractivity contribution >= 4 is 29.0 Å². The van der Waals surface area contributed by atoms with Gasteiger partial charge in [-0.2, -0.15) is 0 Å². The molecule has 2 rings (SSSR count). The number of allylic oxidation sites excluding steroid dienone is 3. The van der Waals surface area contributed by atoms with Crippen molar-refractivity contribution in [3.8, 4) is 0 Å². The predicted octanol–water partition coefficient (Wildman–Crippen LogP) is 3.76. The Hall–Kier alpha value is -1.87. The van der Waals surface area contributed by atoms with Crippen LogP contribution in [0, 0.1) is 0 Å². The summed E-state index contributed by atoms with van der Waals surface area (Å²) in [5, 5.41) is 3.18. The van der Waals surface area contributed by atoms with Crippen molar-refractivity contribution in [2.75, 3.05) is 5.32 Å². The van der Waals surface area contributed by atoms with Gasteiger partial charge in [0, 0.05) is 16.8 Å². The summed E-state index contributed by atoms with van der Waals surface area (Å²) in [5.41, 5.74) is 1.73. The highest BCUT2D eigenvalue weighted by Crippen LogP contribution is 2.22. The Morgan fingerprint density at radius 1 is 1.32 bits per heavy atom. The molecular weight excluding hydrogens is 262 g/mol. The Kier molecular flexibility index (Phi) is 4.17. The van der Waals surface area contributed by atoms with E-state index in [-0.39, 0.29) is 11.7 Å². The van der Waals surface area contributed by atoms with E-state index in [0.29, 0.717) is 16.3 Å². The molecule has 0 spiro atoms. The summed E-state index contributed by atoms with van der Waals surface area (Å²) in [6, 6.07) is 4.90. The van der Waals surface area contributed by atoms with Crippen LogP contribution in [0.3, 0.4) is 0 Å². The molecule has 19 heavy (non-hydrogen) atoms. The van der Waals surface area contributed by atoms with Gasteiger partial charge in [-0.3, -0.25) is 9.59 Å². The van der Waals surface area contributed by atoms with Crippen LogP contribution in [0.5, 0.6) is 0 Å². The first-order valence-electron chi connectivity index (χ1n) is 6.05. The zero-order valence-electron chi connectivity index (χ0n) is 10.6. The summed E-state index contributed by atoms with van der Waals surface area (Å²) in [6.45, 7) is 1.45. The number of benzene rings is 1. The van der Waals surface area contributed by atoms with Gasteiger partial charge < -0.3 is 5.32 Å². The fourth-order valence-electron chi connectivity index (χ4n) is 1.88. The van der Waals surface area contributed by atoms with Crippen LogP contribution in [0.1, 0.15) is 30.1 Å². The number of hydrogen-bond acceptors (Lipinski definition) is 2. The van der Waals surface area contributed by atoms with Gasteiger partial charge in [0.2, 0.25) is 0 Å². The highest BCUT2D eigenvalue weighted by molar-refractivity contribution is 6.34. The Morgan fingerprint density at radius 2 is 2.11 bits per heavy atom. The van der Waals surface area contributed by atoms with E-state index < -0.39 is 0 Å². The van der Waals surface area contributed by atoms with Gasteiger partial charge in [0.1, 0.15) is 0 Å². The highest BCUT2D eigenvalue weighted by Gasteiger charge is 2.12. The first-order valence-corrected chi connectivity index (χ1v) is 6.43. The van der Waals surface area contributed by atoms with Crippen molar-refractivity contribution in [1.29, 1.82) is 0 Å². The molecule has 0 saturated heterocycles. The Balaban J connectivity index is 2.17. The number of nitrogens with one attached hydrogen (secondary N) is 1. The van der Waals surface area contributed by atoms with Gasteiger partial charge in [0.05, 0.1) is 5.02 Å². The topological polar surface area (TPSA) is 46.2 Å². The molecule has 0 bridgehead atoms. The van der Waals surface area contributed by atoms with Crippen molar-refractivity contribution in [2.24, 2.45) is 0 Å². The van der Waals surface area contributed by atoms with Gasteiger partial charge in [-0.15, -0.1) is 0 Å². The summed E-state index contributed by atoms with van der Waals surface area (Å²) in [5.74, 6) is -0.262. The minimum Gasteiger partial charge on any atom is -0.322 e. The lowest BCUT2D eigenvalue weighted by Gasteiger charge is -2.11. The molecule has 3 nitrogen and oxygen atoms in total. The number of carbonyl (C=O) groups excluding carboxylic acids is 2. The van der Waals surface area contributed by atoms with Crippen molar-refractivity contribution in [3.05, 3.63) is 52.6 Å². The van der Waals surface area contributed by atoms with Gasteiger partial charge >= 0.3 is 0 Å². The molecule has 0 atom stereocenters. The molecule has 1 aliphatic rings. The summed E-state index contributed by atoms with van der Waals surface area (Å²) < 4.78 is 0. The SMILES string of the molecule is CC(=O)c1cc(NC(=O)C2=CC=CCC2)ccc1Cl. The summed E-state index contributed by atoms with van der Waals surface area (Å²) >= 11 is 5.92. The second kappa shape index (κ2) is 5.85. The first kappa shape index (κ1) is 13.6. The second-order valence-electron chi connectivity index (χ2n) is 4.36.